The summed E-state index contributed by atoms with van der Waals surface area (Å²) in [4.78, 5) is 25.1. The first kappa shape index (κ1) is 16.5. The molecule has 4 nitrogen and oxygen atoms in total. The van der Waals surface area contributed by atoms with Crippen LogP contribution in [0.5, 0.6) is 0 Å². The van der Waals surface area contributed by atoms with Gasteiger partial charge < -0.3 is 9.64 Å². The summed E-state index contributed by atoms with van der Waals surface area (Å²) in [5.41, 5.74) is 1.43. The van der Waals surface area contributed by atoms with E-state index >= 15 is 0 Å². The third-order valence-electron chi connectivity index (χ3n) is 2.71. The van der Waals surface area contributed by atoms with Crippen LogP contribution in [0.3, 0.4) is 0 Å². The van der Waals surface area contributed by atoms with Crippen LogP contribution in [0.25, 0.3) is 6.08 Å². The van der Waals surface area contributed by atoms with Gasteiger partial charge in [-0.1, -0.05) is 36.3 Å². The maximum absolute atomic E-state index is 12.3. The summed E-state index contributed by atoms with van der Waals surface area (Å²) in [5, 5.41) is 0. The fourth-order valence-corrected chi connectivity index (χ4v) is 1.78. The fraction of sp³-hybridized carbons (Fsp3) is 0.294. The summed E-state index contributed by atoms with van der Waals surface area (Å²) >= 11 is 0. The minimum atomic E-state index is -0.464. The first-order valence-corrected chi connectivity index (χ1v) is 6.70. The maximum atomic E-state index is 12.3. The first-order valence-electron chi connectivity index (χ1n) is 6.70. The second-order valence-electron chi connectivity index (χ2n) is 4.41. The topological polar surface area (TPSA) is 46.6 Å². The lowest BCUT2D eigenvalue weighted by Gasteiger charge is -2.19. The SMILES string of the molecule is C#CCN(CC(=O)OCC)C(=O)C(C)=Cc1ccccc1. The van der Waals surface area contributed by atoms with Crippen molar-refractivity contribution in [3.63, 3.8) is 0 Å². The van der Waals surface area contributed by atoms with E-state index in [0.29, 0.717) is 5.57 Å². The van der Waals surface area contributed by atoms with Crippen molar-refractivity contribution in [2.45, 2.75) is 13.8 Å². The average Bonchev–Trinajstić information content (AvgIpc) is 2.47. The largest absolute Gasteiger partial charge is 0.465 e. The second-order valence-corrected chi connectivity index (χ2v) is 4.41. The molecule has 1 amide bonds. The molecule has 0 aliphatic carbocycles. The molecule has 110 valence electrons. The van der Waals surface area contributed by atoms with E-state index in [9.17, 15) is 9.59 Å². The van der Waals surface area contributed by atoms with Crippen molar-refractivity contribution in [2.24, 2.45) is 0 Å². The highest BCUT2D eigenvalue weighted by atomic mass is 16.5. The Morgan fingerprint density at radius 2 is 2.00 bits per heavy atom. The zero-order valence-electron chi connectivity index (χ0n) is 12.3. The van der Waals surface area contributed by atoms with E-state index in [1.807, 2.05) is 30.3 Å². The Balaban J connectivity index is 2.83. The van der Waals surface area contributed by atoms with Crippen LogP contribution < -0.4 is 0 Å². The molecule has 0 saturated carbocycles. The first-order chi connectivity index (χ1) is 10.1. The second kappa shape index (κ2) is 8.60. The van der Waals surface area contributed by atoms with Crippen LogP contribution in [-0.2, 0) is 14.3 Å². The number of ether oxygens (including phenoxy) is 1. The number of carbonyl (C=O) groups excluding carboxylic acids is 2. The quantitative estimate of drug-likeness (QED) is 0.457. The van der Waals surface area contributed by atoms with Gasteiger partial charge in [0.2, 0.25) is 0 Å². The molecule has 1 aromatic carbocycles. The third-order valence-corrected chi connectivity index (χ3v) is 2.71. The van der Waals surface area contributed by atoms with Gasteiger partial charge in [-0.15, -0.1) is 6.42 Å². The molecule has 0 fully saturated rings. The molecule has 1 aromatic rings. The fourth-order valence-electron chi connectivity index (χ4n) is 1.78. The maximum Gasteiger partial charge on any atom is 0.325 e. The van der Waals surface area contributed by atoms with Crippen molar-refractivity contribution < 1.29 is 14.3 Å². The highest BCUT2D eigenvalue weighted by Crippen LogP contribution is 2.09. The average molecular weight is 285 g/mol. The van der Waals surface area contributed by atoms with Gasteiger partial charge >= 0.3 is 5.97 Å². The highest BCUT2D eigenvalue weighted by molar-refractivity contribution is 5.98. The van der Waals surface area contributed by atoms with Gasteiger partial charge in [0.25, 0.3) is 5.91 Å². The van der Waals surface area contributed by atoms with E-state index < -0.39 is 5.97 Å². The van der Waals surface area contributed by atoms with Gasteiger partial charge in [-0.2, -0.15) is 0 Å². The molecule has 0 aromatic heterocycles. The Bertz CT molecular complexity index is 555. The monoisotopic (exact) mass is 285 g/mol. The summed E-state index contributed by atoms with van der Waals surface area (Å²) in [7, 11) is 0. The molecule has 0 bridgehead atoms. The molecular formula is C17H19NO3. The predicted molar refractivity (Wildman–Crippen MR) is 82.1 cm³/mol. The number of amides is 1. The molecule has 1 rings (SSSR count). The lowest BCUT2D eigenvalue weighted by atomic mass is 10.1. The van der Waals surface area contributed by atoms with Crippen LogP contribution in [0, 0.1) is 12.3 Å². The summed E-state index contributed by atoms with van der Waals surface area (Å²) in [6.07, 6.45) is 7.02. The highest BCUT2D eigenvalue weighted by Gasteiger charge is 2.18. The lowest BCUT2D eigenvalue weighted by Crippen LogP contribution is -2.37. The summed E-state index contributed by atoms with van der Waals surface area (Å²) < 4.78 is 4.85. The molecular weight excluding hydrogens is 266 g/mol. The summed E-state index contributed by atoms with van der Waals surface area (Å²) in [5.74, 6) is 1.65. The standard InChI is InChI=1S/C17H19NO3/c1-4-11-18(13-16(19)21-5-2)17(20)14(3)12-15-9-7-6-8-10-15/h1,6-10,12H,5,11,13H2,2-3H3. The van der Waals surface area contributed by atoms with Gasteiger partial charge in [0, 0.05) is 5.57 Å². The molecule has 0 unspecified atom stereocenters. The van der Waals surface area contributed by atoms with Crippen LogP contribution in [0.4, 0.5) is 0 Å². The third kappa shape index (κ3) is 5.53. The van der Waals surface area contributed by atoms with Crippen LogP contribution in [-0.4, -0.2) is 36.5 Å². The van der Waals surface area contributed by atoms with Crippen molar-refractivity contribution in [3.8, 4) is 12.3 Å². The van der Waals surface area contributed by atoms with Crippen molar-refractivity contribution in [1.29, 1.82) is 0 Å². The zero-order chi connectivity index (χ0) is 15.7. The van der Waals surface area contributed by atoms with E-state index in [4.69, 9.17) is 11.2 Å². The molecule has 0 spiro atoms. The summed E-state index contributed by atoms with van der Waals surface area (Å²) in [6, 6.07) is 9.48. The van der Waals surface area contributed by atoms with Crippen molar-refractivity contribution >= 4 is 18.0 Å². The van der Waals surface area contributed by atoms with Crippen molar-refractivity contribution in [1.82, 2.24) is 4.90 Å². The number of hydrogen-bond donors (Lipinski definition) is 0. The Kier molecular flexibility index (Phi) is 6.76. The van der Waals surface area contributed by atoms with E-state index in [0.717, 1.165) is 5.56 Å². The zero-order valence-corrected chi connectivity index (χ0v) is 12.3. The number of benzene rings is 1. The normalized spacial score (nSPS) is 10.6. The number of rotatable bonds is 6. The van der Waals surface area contributed by atoms with Gasteiger partial charge in [0.1, 0.15) is 6.54 Å². The van der Waals surface area contributed by atoms with Gasteiger partial charge in [0.05, 0.1) is 13.2 Å². The summed E-state index contributed by atoms with van der Waals surface area (Å²) in [6.45, 7) is 3.61. The Morgan fingerprint density at radius 3 is 2.57 bits per heavy atom. The van der Waals surface area contributed by atoms with Gasteiger partial charge in [-0.3, -0.25) is 9.59 Å². The number of hydrogen-bond acceptors (Lipinski definition) is 3. The molecule has 0 aliphatic heterocycles. The Hall–Kier alpha value is -2.54. The molecule has 21 heavy (non-hydrogen) atoms. The predicted octanol–water partition coefficient (Wildman–Crippen LogP) is 2.11. The van der Waals surface area contributed by atoms with Crippen molar-refractivity contribution in [2.75, 3.05) is 19.7 Å². The van der Waals surface area contributed by atoms with Gasteiger partial charge in [-0.25, -0.2) is 0 Å². The van der Waals surface area contributed by atoms with E-state index in [1.165, 1.54) is 4.90 Å². The minimum absolute atomic E-state index is 0.0671. The molecule has 0 aliphatic rings. The lowest BCUT2D eigenvalue weighted by molar-refractivity contribution is -0.147. The van der Waals surface area contributed by atoms with Crippen LogP contribution in [0.15, 0.2) is 35.9 Å². The number of carbonyl (C=O) groups is 2. The number of esters is 1. The molecule has 0 heterocycles. The molecule has 0 atom stereocenters. The van der Waals surface area contributed by atoms with E-state index in [-0.39, 0.29) is 25.6 Å². The smallest absolute Gasteiger partial charge is 0.325 e. The van der Waals surface area contributed by atoms with Crippen LogP contribution in [0.2, 0.25) is 0 Å². The van der Waals surface area contributed by atoms with Gasteiger partial charge in [0.15, 0.2) is 0 Å². The molecule has 0 radical (unpaired) electrons. The van der Waals surface area contributed by atoms with E-state index in [2.05, 4.69) is 5.92 Å². The molecule has 0 saturated heterocycles. The minimum Gasteiger partial charge on any atom is -0.465 e. The number of terminal acetylenes is 1. The van der Waals surface area contributed by atoms with Crippen molar-refractivity contribution in [3.05, 3.63) is 41.5 Å². The molecule has 4 heteroatoms. The van der Waals surface area contributed by atoms with Crippen LogP contribution in [0.1, 0.15) is 19.4 Å². The molecule has 0 N–H and O–H groups in total. The number of nitrogens with zero attached hydrogens (tertiary/aromatic N) is 1. The van der Waals surface area contributed by atoms with E-state index in [1.54, 1.807) is 19.9 Å². The van der Waals surface area contributed by atoms with Gasteiger partial charge in [-0.05, 0) is 25.5 Å². The van der Waals surface area contributed by atoms with Crippen LogP contribution >= 0.6 is 0 Å². The Morgan fingerprint density at radius 1 is 1.33 bits per heavy atom. The Labute approximate surface area is 125 Å².